The molecule has 1 aromatic rings. The molecule has 1 atom stereocenters. The molecule has 92 valence electrons. The van der Waals surface area contributed by atoms with Crippen molar-refractivity contribution >= 4 is 33.9 Å². The van der Waals surface area contributed by atoms with E-state index < -0.39 is 17.9 Å². The zero-order valence-electron chi connectivity index (χ0n) is 9.14. The van der Waals surface area contributed by atoms with E-state index in [9.17, 15) is 9.59 Å². The van der Waals surface area contributed by atoms with Crippen molar-refractivity contribution in [2.45, 2.75) is 19.4 Å². The van der Waals surface area contributed by atoms with Crippen LogP contribution in [0, 0.1) is 0 Å². The molecule has 0 fully saturated rings. The van der Waals surface area contributed by atoms with E-state index >= 15 is 0 Å². The molecule has 0 saturated carbocycles. The van der Waals surface area contributed by atoms with Crippen LogP contribution in [0.3, 0.4) is 0 Å². The SMILES string of the molecule is CC[C@@H](NC(=O)C=Cc1ccc(Br)o1)C(=O)O. The summed E-state index contributed by atoms with van der Waals surface area (Å²) in [6.45, 7) is 1.69. The van der Waals surface area contributed by atoms with Gasteiger partial charge in [-0.05, 0) is 40.6 Å². The lowest BCUT2D eigenvalue weighted by atomic mass is 10.2. The van der Waals surface area contributed by atoms with E-state index in [4.69, 9.17) is 9.52 Å². The van der Waals surface area contributed by atoms with Gasteiger partial charge in [0.1, 0.15) is 11.8 Å². The Kier molecular flexibility index (Phi) is 4.96. The largest absolute Gasteiger partial charge is 0.480 e. The van der Waals surface area contributed by atoms with Crippen LogP contribution in [0.4, 0.5) is 0 Å². The topological polar surface area (TPSA) is 79.5 Å². The molecule has 0 radical (unpaired) electrons. The maximum absolute atomic E-state index is 11.4. The highest BCUT2D eigenvalue weighted by atomic mass is 79.9. The first kappa shape index (κ1) is 13.5. The second-order valence-electron chi connectivity index (χ2n) is 3.28. The van der Waals surface area contributed by atoms with Crippen LogP contribution in [0.5, 0.6) is 0 Å². The quantitative estimate of drug-likeness (QED) is 0.816. The monoisotopic (exact) mass is 301 g/mol. The molecule has 1 heterocycles. The molecule has 1 rings (SSSR count). The average molecular weight is 302 g/mol. The number of hydrogen-bond acceptors (Lipinski definition) is 3. The van der Waals surface area contributed by atoms with E-state index in [1.807, 2.05) is 0 Å². The molecule has 0 spiro atoms. The number of carbonyl (C=O) groups excluding carboxylic acids is 1. The number of carbonyl (C=O) groups is 2. The number of carboxylic acid groups (broad SMARTS) is 1. The van der Waals surface area contributed by atoms with Crippen molar-refractivity contribution < 1.29 is 19.1 Å². The third kappa shape index (κ3) is 4.44. The van der Waals surface area contributed by atoms with E-state index in [0.29, 0.717) is 16.9 Å². The summed E-state index contributed by atoms with van der Waals surface area (Å²) >= 11 is 3.13. The van der Waals surface area contributed by atoms with Gasteiger partial charge < -0.3 is 14.8 Å². The van der Waals surface area contributed by atoms with E-state index in [0.717, 1.165) is 0 Å². The molecular formula is C11H12BrNO4. The zero-order chi connectivity index (χ0) is 12.8. The fourth-order valence-electron chi connectivity index (χ4n) is 1.13. The predicted molar refractivity (Wildman–Crippen MR) is 65.3 cm³/mol. The molecule has 0 saturated heterocycles. The highest BCUT2D eigenvalue weighted by Gasteiger charge is 2.15. The number of halogens is 1. The fraction of sp³-hybridized carbons (Fsp3) is 0.273. The van der Waals surface area contributed by atoms with Crippen LogP contribution in [-0.4, -0.2) is 23.0 Å². The van der Waals surface area contributed by atoms with Gasteiger partial charge in [0.15, 0.2) is 4.67 Å². The summed E-state index contributed by atoms with van der Waals surface area (Å²) in [5.74, 6) is -1.00. The lowest BCUT2D eigenvalue weighted by Crippen LogP contribution is -2.39. The summed E-state index contributed by atoms with van der Waals surface area (Å²) in [6.07, 6.45) is 3.03. The molecule has 17 heavy (non-hydrogen) atoms. The smallest absolute Gasteiger partial charge is 0.326 e. The van der Waals surface area contributed by atoms with Crippen molar-refractivity contribution in [3.63, 3.8) is 0 Å². The van der Waals surface area contributed by atoms with Gasteiger partial charge >= 0.3 is 5.97 Å². The minimum atomic E-state index is -1.05. The van der Waals surface area contributed by atoms with Crippen LogP contribution in [0.15, 0.2) is 27.3 Å². The van der Waals surface area contributed by atoms with Gasteiger partial charge in [0.05, 0.1) is 0 Å². The summed E-state index contributed by atoms with van der Waals surface area (Å²) in [5, 5.41) is 11.1. The molecular weight excluding hydrogens is 290 g/mol. The van der Waals surface area contributed by atoms with Crippen LogP contribution in [0.25, 0.3) is 6.08 Å². The van der Waals surface area contributed by atoms with Crippen molar-refractivity contribution in [1.29, 1.82) is 0 Å². The maximum atomic E-state index is 11.4. The Morgan fingerprint density at radius 2 is 2.29 bits per heavy atom. The Hall–Kier alpha value is -1.56. The van der Waals surface area contributed by atoms with E-state index in [1.54, 1.807) is 19.1 Å². The fourth-order valence-corrected chi connectivity index (χ4v) is 1.45. The van der Waals surface area contributed by atoms with Crippen LogP contribution in [0.1, 0.15) is 19.1 Å². The van der Waals surface area contributed by atoms with Crippen LogP contribution in [-0.2, 0) is 9.59 Å². The van der Waals surface area contributed by atoms with Crippen molar-refractivity contribution in [2.24, 2.45) is 0 Å². The van der Waals surface area contributed by atoms with Gasteiger partial charge in [-0.3, -0.25) is 4.79 Å². The van der Waals surface area contributed by atoms with E-state index in [-0.39, 0.29) is 0 Å². The number of aliphatic carboxylic acids is 1. The highest BCUT2D eigenvalue weighted by Crippen LogP contribution is 2.14. The van der Waals surface area contributed by atoms with Gasteiger partial charge in [0, 0.05) is 6.08 Å². The van der Waals surface area contributed by atoms with Crippen molar-refractivity contribution in [1.82, 2.24) is 5.32 Å². The molecule has 5 nitrogen and oxygen atoms in total. The van der Waals surface area contributed by atoms with Gasteiger partial charge in [0.2, 0.25) is 5.91 Å². The predicted octanol–water partition coefficient (Wildman–Crippen LogP) is 2.03. The van der Waals surface area contributed by atoms with Crippen LogP contribution < -0.4 is 5.32 Å². The molecule has 0 aromatic carbocycles. The van der Waals surface area contributed by atoms with Gasteiger partial charge in [-0.25, -0.2) is 4.79 Å². The Morgan fingerprint density at radius 1 is 1.59 bits per heavy atom. The summed E-state index contributed by atoms with van der Waals surface area (Å²) in [5.41, 5.74) is 0. The van der Waals surface area contributed by atoms with E-state index in [2.05, 4.69) is 21.2 Å². The molecule has 0 aliphatic rings. The second kappa shape index (κ2) is 6.24. The highest BCUT2D eigenvalue weighted by molar-refractivity contribution is 9.10. The van der Waals surface area contributed by atoms with Crippen molar-refractivity contribution in [2.75, 3.05) is 0 Å². The molecule has 1 aromatic heterocycles. The van der Waals surface area contributed by atoms with E-state index in [1.165, 1.54) is 12.2 Å². The lowest BCUT2D eigenvalue weighted by molar-refractivity contribution is -0.141. The Morgan fingerprint density at radius 3 is 2.76 bits per heavy atom. The van der Waals surface area contributed by atoms with Crippen LogP contribution >= 0.6 is 15.9 Å². The minimum Gasteiger partial charge on any atom is -0.480 e. The van der Waals surface area contributed by atoms with Gasteiger partial charge in [-0.2, -0.15) is 0 Å². The molecule has 2 N–H and O–H groups in total. The minimum absolute atomic E-state index is 0.335. The Balaban J connectivity index is 2.54. The zero-order valence-corrected chi connectivity index (χ0v) is 10.7. The second-order valence-corrected chi connectivity index (χ2v) is 4.06. The average Bonchev–Trinajstić information content (AvgIpc) is 2.68. The molecule has 0 bridgehead atoms. The number of amides is 1. The summed E-state index contributed by atoms with van der Waals surface area (Å²) in [4.78, 5) is 22.1. The Labute approximate surface area is 107 Å². The number of furan rings is 1. The molecule has 1 amide bonds. The van der Waals surface area contributed by atoms with Crippen LogP contribution in [0.2, 0.25) is 0 Å². The standard InChI is InChI=1S/C11H12BrNO4/c1-2-8(11(15)16)13-10(14)6-4-7-3-5-9(12)17-7/h3-6,8H,2H2,1H3,(H,13,14)(H,15,16)/t8-/m1/s1. The Bertz CT molecular complexity index is 438. The molecule has 0 unspecified atom stereocenters. The first-order valence-corrected chi connectivity index (χ1v) is 5.79. The first-order valence-electron chi connectivity index (χ1n) is 4.99. The van der Waals surface area contributed by atoms with Gasteiger partial charge in [0.25, 0.3) is 0 Å². The molecule has 0 aliphatic carbocycles. The summed E-state index contributed by atoms with van der Waals surface area (Å²) in [7, 11) is 0. The normalized spacial score (nSPS) is 12.6. The number of hydrogen-bond donors (Lipinski definition) is 2. The van der Waals surface area contributed by atoms with Crippen molar-refractivity contribution in [3.8, 4) is 0 Å². The maximum Gasteiger partial charge on any atom is 0.326 e. The molecule has 6 heteroatoms. The summed E-state index contributed by atoms with van der Waals surface area (Å²) in [6, 6.07) is 2.52. The lowest BCUT2D eigenvalue weighted by Gasteiger charge is -2.09. The van der Waals surface area contributed by atoms with Gasteiger partial charge in [-0.1, -0.05) is 6.92 Å². The third-order valence-electron chi connectivity index (χ3n) is 2.02. The number of carboxylic acids is 1. The summed E-state index contributed by atoms with van der Waals surface area (Å²) < 4.78 is 5.71. The van der Waals surface area contributed by atoms with Crippen molar-refractivity contribution in [3.05, 3.63) is 28.6 Å². The first-order chi connectivity index (χ1) is 8.02. The molecule has 0 aliphatic heterocycles. The third-order valence-corrected chi connectivity index (χ3v) is 2.44. The number of rotatable bonds is 5. The van der Waals surface area contributed by atoms with Gasteiger partial charge in [-0.15, -0.1) is 0 Å². The number of nitrogens with one attached hydrogen (secondary N) is 1.